The highest BCUT2D eigenvalue weighted by Crippen LogP contribution is 2.27. The minimum atomic E-state index is -0.781. The number of rotatable bonds is 11. The van der Waals surface area contributed by atoms with Crippen LogP contribution in [-0.4, -0.2) is 46.5 Å². The van der Waals surface area contributed by atoms with Crippen LogP contribution in [0.5, 0.6) is 0 Å². The van der Waals surface area contributed by atoms with Crippen molar-refractivity contribution in [2.45, 2.75) is 45.3 Å². The van der Waals surface area contributed by atoms with Crippen LogP contribution in [0.4, 0.5) is 21.7 Å². The van der Waals surface area contributed by atoms with Gasteiger partial charge >= 0.3 is 0 Å². The second-order valence-corrected chi connectivity index (χ2v) is 7.74. The average molecular weight is 444 g/mol. The Labute approximate surface area is 186 Å². The number of nitrogens with two attached hydrogens (primary N) is 2. The fourth-order valence-electron chi connectivity index (χ4n) is 3.48. The lowest BCUT2D eigenvalue weighted by Crippen LogP contribution is -2.38. The van der Waals surface area contributed by atoms with Gasteiger partial charge in [0, 0.05) is 30.3 Å². The number of hydrogen-bond acceptors (Lipinski definition) is 7. The Kier molecular flexibility index (Phi) is 7.60. The van der Waals surface area contributed by atoms with E-state index in [4.69, 9.17) is 16.2 Å². The summed E-state index contributed by atoms with van der Waals surface area (Å²) in [5.41, 5.74) is 13.1. The van der Waals surface area contributed by atoms with Gasteiger partial charge in [0.1, 0.15) is 5.82 Å². The van der Waals surface area contributed by atoms with Gasteiger partial charge < -0.3 is 26.8 Å². The van der Waals surface area contributed by atoms with Gasteiger partial charge in [-0.05, 0) is 37.6 Å². The highest BCUT2D eigenvalue weighted by molar-refractivity contribution is 5.99. The van der Waals surface area contributed by atoms with Gasteiger partial charge in [-0.15, -0.1) is 0 Å². The van der Waals surface area contributed by atoms with E-state index in [9.17, 15) is 9.18 Å². The van der Waals surface area contributed by atoms with Gasteiger partial charge in [0.2, 0.25) is 0 Å². The standard InChI is InChI=1S/C22H30FN7O2/c1-4-5-18(13(2)24)28-22-17(23)11-16(20(25)31)21(29-22)27-15-6-7-19-14(10-15)12-26-30(19)8-9-32-3/h6-7,10-13,18H,4-5,8-9,24H2,1-3H3,(H2,25,31)(H2,27,28,29)/t13-,18+/m0/s1. The van der Waals surface area contributed by atoms with Crippen LogP contribution < -0.4 is 22.1 Å². The van der Waals surface area contributed by atoms with Crippen molar-refractivity contribution < 1.29 is 13.9 Å². The highest BCUT2D eigenvalue weighted by atomic mass is 19.1. The van der Waals surface area contributed by atoms with E-state index >= 15 is 0 Å². The average Bonchev–Trinajstić information content (AvgIpc) is 3.15. The Morgan fingerprint density at radius 2 is 2.09 bits per heavy atom. The van der Waals surface area contributed by atoms with Crippen LogP contribution in [0.25, 0.3) is 10.9 Å². The van der Waals surface area contributed by atoms with Crippen molar-refractivity contribution in [2.75, 3.05) is 24.4 Å². The summed E-state index contributed by atoms with van der Waals surface area (Å²) in [6.45, 7) is 5.06. The third kappa shape index (κ3) is 5.32. The van der Waals surface area contributed by atoms with Crippen molar-refractivity contribution in [3.05, 3.63) is 41.8 Å². The Hall–Kier alpha value is -3.24. The Morgan fingerprint density at radius 1 is 1.31 bits per heavy atom. The van der Waals surface area contributed by atoms with Crippen molar-refractivity contribution in [2.24, 2.45) is 11.5 Å². The normalized spacial score (nSPS) is 13.2. The molecule has 6 N–H and O–H groups in total. The lowest BCUT2D eigenvalue weighted by Gasteiger charge is -2.23. The summed E-state index contributed by atoms with van der Waals surface area (Å²) in [5, 5.41) is 11.4. The number of carbonyl (C=O) groups excluding carboxylic acids is 1. The van der Waals surface area contributed by atoms with E-state index in [0.29, 0.717) is 18.8 Å². The molecule has 32 heavy (non-hydrogen) atoms. The third-order valence-corrected chi connectivity index (χ3v) is 5.21. The predicted molar refractivity (Wildman–Crippen MR) is 124 cm³/mol. The van der Waals surface area contributed by atoms with Crippen LogP contribution in [0.1, 0.15) is 37.0 Å². The molecule has 0 radical (unpaired) electrons. The van der Waals surface area contributed by atoms with E-state index in [1.807, 2.05) is 36.7 Å². The number of nitrogens with one attached hydrogen (secondary N) is 2. The van der Waals surface area contributed by atoms with Gasteiger partial charge in [0.05, 0.1) is 30.4 Å². The number of aromatic nitrogens is 3. The van der Waals surface area contributed by atoms with E-state index in [0.717, 1.165) is 29.8 Å². The molecule has 2 aromatic heterocycles. The molecule has 0 bridgehead atoms. The first kappa shape index (κ1) is 23.4. The van der Waals surface area contributed by atoms with E-state index in [1.165, 1.54) is 0 Å². The molecule has 0 aliphatic heterocycles. The van der Waals surface area contributed by atoms with Gasteiger partial charge in [0.25, 0.3) is 5.91 Å². The topological polar surface area (TPSA) is 133 Å². The zero-order valence-electron chi connectivity index (χ0n) is 18.6. The maximum Gasteiger partial charge on any atom is 0.252 e. The molecule has 0 aliphatic carbocycles. The van der Waals surface area contributed by atoms with Gasteiger partial charge in [-0.25, -0.2) is 9.37 Å². The second kappa shape index (κ2) is 10.4. The molecule has 0 saturated carbocycles. The number of primary amides is 1. The van der Waals surface area contributed by atoms with Crippen molar-refractivity contribution in [1.29, 1.82) is 0 Å². The fourth-order valence-corrected chi connectivity index (χ4v) is 3.48. The number of benzene rings is 1. The van der Waals surface area contributed by atoms with Crippen molar-refractivity contribution in [3.63, 3.8) is 0 Å². The maximum atomic E-state index is 14.7. The quantitative estimate of drug-likeness (QED) is 0.358. The summed E-state index contributed by atoms with van der Waals surface area (Å²) in [6.07, 6.45) is 3.38. The van der Waals surface area contributed by atoms with E-state index in [-0.39, 0.29) is 29.3 Å². The summed E-state index contributed by atoms with van der Waals surface area (Å²) in [6, 6.07) is 6.32. The molecule has 2 heterocycles. The lowest BCUT2D eigenvalue weighted by atomic mass is 10.1. The van der Waals surface area contributed by atoms with Crippen LogP contribution in [0.2, 0.25) is 0 Å². The number of carbonyl (C=O) groups is 1. The van der Waals surface area contributed by atoms with Gasteiger partial charge in [0.15, 0.2) is 11.6 Å². The van der Waals surface area contributed by atoms with Gasteiger partial charge in [-0.2, -0.15) is 5.10 Å². The van der Waals surface area contributed by atoms with Crippen molar-refractivity contribution >= 4 is 34.1 Å². The number of halogens is 1. The Bertz CT molecular complexity index is 1080. The van der Waals surface area contributed by atoms with Crippen LogP contribution in [0, 0.1) is 5.82 Å². The van der Waals surface area contributed by atoms with E-state index < -0.39 is 11.7 Å². The summed E-state index contributed by atoms with van der Waals surface area (Å²) in [7, 11) is 1.64. The number of hydrogen-bond donors (Lipinski definition) is 4. The monoisotopic (exact) mass is 443 g/mol. The maximum absolute atomic E-state index is 14.7. The zero-order valence-corrected chi connectivity index (χ0v) is 18.6. The Balaban J connectivity index is 1.92. The zero-order chi connectivity index (χ0) is 23.3. The first-order valence-electron chi connectivity index (χ1n) is 10.6. The van der Waals surface area contributed by atoms with Crippen molar-refractivity contribution in [3.8, 4) is 0 Å². The SMILES string of the molecule is CCC[C@@H](Nc1nc(Nc2ccc3c(cnn3CCOC)c2)c(C(N)=O)cc1F)[C@H](C)N. The molecule has 0 spiro atoms. The minimum Gasteiger partial charge on any atom is -0.383 e. The minimum absolute atomic E-state index is 0.0155. The third-order valence-electron chi connectivity index (χ3n) is 5.21. The van der Waals surface area contributed by atoms with Gasteiger partial charge in [-0.3, -0.25) is 9.48 Å². The van der Waals surface area contributed by atoms with Crippen LogP contribution >= 0.6 is 0 Å². The van der Waals surface area contributed by atoms with E-state index in [1.54, 1.807) is 13.3 Å². The molecule has 1 aromatic carbocycles. The second-order valence-electron chi connectivity index (χ2n) is 7.74. The van der Waals surface area contributed by atoms with Gasteiger partial charge in [-0.1, -0.05) is 13.3 Å². The summed E-state index contributed by atoms with van der Waals surface area (Å²) >= 11 is 0. The van der Waals surface area contributed by atoms with Crippen LogP contribution in [-0.2, 0) is 11.3 Å². The molecule has 0 unspecified atom stereocenters. The molecule has 0 saturated heterocycles. The molecule has 3 aromatic rings. The van der Waals surface area contributed by atoms with E-state index in [2.05, 4.69) is 20.7 Å². The molecule has 0 aliphatic rings. The smallest absolute Gasteiger partial charge is 0.252 e. The summed E-state index contributed by atoms with van der Waals surface area (Å²) in [4.78, 5) is 16.3. The molecule has 172 valence electrons. The number of pyridine rings is 1. The number of methoxy groups -OCH3 is 1. The van der Waals surface area contributed by atoms with Crippen molar-refractivity contribution in [1.82, 2.24) is 14.8 Å². The molecule has 0 fully saturated rings. The molecule has 10 heteroatoms. The summed E-state index contributed by atoms with van der Waals surface area (Å²) < 4.78 is 21.6. The number of nitrogens with zero attached hydrogens (tertiary/aromatic N) is 3. The lowest BCUT2D eigenvalue weighted by molar-refractivity contribution is 0.100. The van der Waals surface area contributed by atoms with Crippen LogP contribution in [0.3, 0.4) is 0 Å². The highest BCUT2D eigenvalue weighted by Gasteiger charge is 2.20. The fraction of sp³-hybridized carbons (Fsp3) is 0.409. The Morgan fingerprint density at radius 3 is 2.75 bits per heavy atom. The molecule has 9 nitrogen and oxygen atoms in total. The predicted octanol–water partition coefficient (Wildman–Crippen LogP) is 2.99. The molecular formula is C22H30FN7O2. The number of ether oxygens (including phenoxy) is 1. The first-order chi connectivity index (χ1) is 15.3. The molecule has 1 amide bonds. The molecular weight excluding hydrogens is 413 g/mol. The van der Waals surface area contributed by atoms with Crippen LogP contribution in [0.15, 0.2) is 30.5 Å². The number of fused-ring (bicyclic) bond motifs is 1. The number of amides is 1. The molecule has 2 atom stereocenters. The summed E-state index contributed by atoms with van der Waals surface area (Å²) in [5.74, 6) is -1.27. The largest absolute Gasteiger partial charge is 0.383 e. The molecule has 3 rings (SSSR count). The first-order valence-corrected chi connectivity index (χ1v) is 10.6. The number of anilines is 3.